The Morgan fingerprint density at radius 1 is 1.17 bits per heavy atom. The molecule has 3 aliphatic heterocycles. The quantitative estimate of drug-likeness (QED) is 0.487. The fraction of sp³-hybridized carbons (Fsp3) is 0.348. The number of ether oxygens (including phenoxy) is 3. The van der Waals surface area contributed by atoms with Crippen molar-refractivity contribution in [2.24, 2.45) is 0 Å². The molecule has 2 aromatic heterocycles. The van der Waals surface area contributed by atoms with Crippen molar-refractivity contribution in [1.29, 1.82) is 0 Å². The summed E-state index contributed by atoms with van der Waals surface area (Å²) in [7, 11) is 0. The van der Waals surface area contributed by atoms with E-state index >= 15 is 0 Å². The summed E-state index contributed by atoms with van der Waals surface area (Å²) in [5.74, 6) is -2.92. The van der Waals surface area contributed by atoms with Gasteiger partial charge < -0.3 is 19.1 Å². The third kappa shape index (κ3) is 3.74. The molecule has 2 saturated heterocycles. The van der Waals surface area contributed by atoms with Gasteiger partial charge in [0.2, 0.25) is 5.88 Å². The van der Waals surface area contributed by atoms with Gasteiger partial charge in [0.25, 0.3) is 0 Å². The first-order valence-electron chi connectivity index (χ1n) is 10.9. The highest BCUT2D eigenvalue weighted by molar-refractivity contribution is 5.52. The van der Waals surface area contributed by atoms with E-state index < -0.39 is 40.7 Å². The van der Waals surface area contributed by atoms with E-state index in [2.05, 4.69) is 14.9 Å². The van der Waals surface area contributed by atoms with Gasteiger partial charge in [-0.2, -0.15) is 18.2 Å². The van der Waals surface area contributed by atoms with E-state index in [0.29, 0.717) is 31.6 Å². The van der Waals surface area contributed by atoms with Crippen LogP contribution < -0.4 is 20.1 Å². The molecule has 0 aliphatic carbocycles. The Bertz CT molecular complexity index is 1410. The predicted molar refractivity (Wildman–Crippen MR) is 113 cm³/mol. The van der Waals surface area contributed by atoms with Gasteiger partial charge in [0.15, 0.2) is 17.4 Å². The van der Waals surface area contributed by atoms with Gasteiger partial charge in [0.05, 0.1) is 24.8 Å². The highest BCUT2D eigenvalue weighted by Crippen LogP contribution is 2.46. The number of benzene rings is 1. The number of rotatable bonds is 5. The van der Waals surface area contributed by atoms with Crippen molar-refractivity contribution < 1.29 is 36.2 Å². The Kier molecular flexibility index (Phi) is 4.97. The Morgan fingerprint density at radius 2 is 1.94 bits per heavy atom. The van der Waals surface area contributed by atoms with Crippen LogP contribution in [0, 0.1) is 11.6 Å². The van der Waals surface area contributed by atoms with Crippen LogP contribution in [0.2, 0.25) is 0 Å². The van der Waals surface area contributed by atoms with Gasteiger partial charge in [0.1, 0.15) is 23.9 Å². The molecule has 0 unspecified atom stereocenters. The Morgan fingerprint density at radius 3 is 2.67 bits per heavy atom. The van der Waals surface area contributed by atoms with Crippen LogP contribution in [-0.2, 0) is 24.1 Å². The standard InChI is InChI=1S/C23H17F5N4O4/c24-15-3-12(4-16(25)20(15)36-13-1-2-29-17(5-13)23(26,27)28)9-34-18-6-19-31(21(33)30-18)10-22-7-14(35-11-22)8-32(19)22/h1-6,14H,7-11H2/t14-,22+/m1/s1. The second kappa shape index (κ2) is 7.88. The molecule has 0 N–H and O–H groups in total. The van der Waals surface area contributed by atoms with Gasteiger partial charge in [-0.1, -0.05) is 0 Å². The van der Waals surface area contributed by atoms with Crippen LogP contribution in [0.15, 0.2) is 41.3 Å². The molecule has 3 aromatic rings. The molecule has 1 aromatic carbocycles. The minimum absolute atomic E-state index is 0.00426. The van der Waals surface area contributed by atoms with Crippen LogP contribution in [0.5, 0.6) is 17.4 Å². The summed E-state index contributed by atoms with van der Waals surface area (Å²) in [6, 6.07) is 5.05. The Labute approximate surface area is 199 Å². The van der Waals surface area contributed by atoms with Crippen LogP contribution in [-0.4, -0.2) is 39.3 Å². The number of halogens is 5. The molecule has 1 spiro atoms. The Balaban J connectivity index is 1.19. The normalized spacial score (nSPS) is 22.0. The lowest BCUT2D eigenvalue weighted by Gasteiger charge is -2.32. The maximum absolute atomic E-state index is 14.6. The van der Waals surface area contributed by atoms with Crippen molar-refractivity contribution >= 4 is 5.82 Å². The van der Waals surface area contributed by atoms with Crippen LogP contribution >= 0.6 is 0 Å². The average molecular weight is 508 g/mol. The van der Waals surface area contributed by atoms with Crippen LogP contribution in [0.4, 0.5) is 27.8 Å². The van der Waals surface area contributed by atoms with Gasteiger partial charge in [-0.15, -0.1) is 0 Å². The van der Waals surface area contributed by atoms with Gasteiger partial charge in [-0.3, -0.25) is 9.55 Å². The van der Waals surface area contributed by atoms with E-state index in [-0.39, 0.29) is 29.7 Å². The fourth-order valence-corrected chi connectivity index (χ4v) is 4.96. The predicted octanol–water partition coefficient (Wildman–Crippen LogP) is 3.67. The number of hydrogen-bond donors (Lipinski definition) is 0. The first-order valence-corrected chi connectivity index (χ1v) is 10.9. The Hall–Kier alpha value is -3.74. The molecule has 2 bridgehead atoms. The number of nitrogens with zero attached hydrogens (tertiary/aromatic N) is 4. The van der Waals surface area contributed by atoms with Crippen molar-refractivity contribution in [3.63, 3.8) is 0 Å². The highest BCUT2D eigenvalue weighted by atomic mass is 19.4. The molecule has 0 amide bonds. The summed E-state index contributed by atoms with van der Waals surface area (Å²) in [6.45, 7) is 1.35. The summed E-state index contributed by atoms with van der Waals surface area (Å²) < 4.78 is 85.5. The van der Waals surface area contributed by atoms with Crippen molar-refractivity contribution in [2.45, 2.75) is 37.4 Å². The second-order valence-corrected chi connectivity index (χ2v) is 8.95. The molecule has 36 heavy (non-hydrogen) atoms. The number of anilines is 1. The maximum atomic E-state index is 14.6. The first-order chi connectivity index (χ1) is 17.1. The van der Waals surface area contributed by atoms with Crippen molar-refractivity contribution in [1.82, 2.24) is 14.5 Å². The van der Waals surface area contributed by atoms with E-state index in [4.69, 9.17) is 14.2 Å². The molecule has 2 atom stereocenters. The van der Waals surface area contributed by atoms with Gasteiger partial charge in [0, 0.05) is 31.3 Å². The number of hydrogen-bond acceptors (Lipinski definition) is 7. The maximum Gasteiger partial charge on any atom is 0.433 e. The lowest BCUT2D eigenvalue weighted by Crippen LogP contribution is -2.46. The van der Waals surface area contributed by atoms with E-state index in [0.717, 1.165) is 30.8 Å². The number of fused-ring (bicyclic) bond motifs is 3. The molecule has 0 saturated carbocycles. The molecule has 188 valence electrons. The molecule has 0 radical (unpaired) electrons. The van der Waals surface area contributed by atoms with Crippen molar-refractivity contribution in [3.05, 3.63) is 69.9 Å². The van der Waals surface area contributed by atoms with Crippen LogP contribution in [0.3, 0.4) is 0 Å². The van der Waals surface area contributed by atoms with Crippen molar-refractivity contribution in [3.8, 4) is 17.4 Å². The third-order valence-electron chi connectivity index (χ3n) is 6.54. The molecule has 6 rings (SSSR count). The number of aromatic nitrogens is 3. The minimum Gasteiger partial charge on any atom is -0.473 e. The largest absolute Gasteiger partial charge is 0.473 e. The molecule has 5 heterocycles. The van der Waals surface area contributed by atoms with Crippen molar-refractivity contribution in [2.75, 3.05) is 18.1 Å². The highest BCUT2D eigenvalue weighted by Gasteiger charge is 2.56. The molecule has 13 heteroatoms. The number of pyridine rings is 1. The van der Waals surface area contributed by atoms with Gasteiger partial charge in [-0.25, -0.2) is 13.6 Å². The second-order valence-electron chi connectivity index (χ2n) is 8.95. The van der Waals surface area contributed by atoms with Crippen LogP contribution in [0.1, 0.15) is 17.7 Å². The monoisotopic (exact) mass is 508 g/mol. The summed E-state index contributed by atoms with van der Waals surface area (Å²) in [4.78, 5) is 21.8. The zero-order chi connectivity index (χ0) is 25.2. The summed E-state index contributed by atoms with van der Waals surface area (Å²) in [6.07, 6.45) is -2.97. The van der Waals surface area contributed by atoms with Crippen LogP contribution in [0.25, 0.3) is 0 Å². The number of alkyl halides is 3. The van der Waals surface area contributed by atoms with E-state index in [1.807, 2.05) is 0 Å². The molecule has 8 nitrogen and oxygen atoms in total. The lowest BCUT2D eigenvalue weighted by molar-refractivity contribution is -0.141. The summed E-state index contributed by atoms with van der Waals surface area (Å²) in [5.41, 5.74) is -1.94. The minimum atomic E-state index is -4.74. The zero-order valence-corrected chi connectivity index (χ0v) is 18.4. The topological polar surface area (TPSA) is 78.7 Å². The van der Waals surface area contributed by atoms with Gasteiger partial charge >= 0.3 is 11.9 Å². The lowest BCUT2D eigenvalue weighted by atomic mass is 10.0. The smallest absolute Gasteiger partial charge is 0.433 e. The third-order valence-corrected chi connectivity index (χ3v) is 6.54. The average Bonchev–Trinajstić information content (AvgIpc) is 3.48. The molecular formula is C23H17F5N4O4. The zero-order valence-electron chi connectivity index (χ0n) is 18.4. The SMILES string of the molecule is O=c1nc(OCc2cc(F)c(Oc3ccnc(C(F)(F)F)c3)c(F)c2)cc2n1C[C@@]13CO[C@@H](CN21)C3. The summed E-state index contributed by atoms with van der Waals surface area (Å²) in [5, 5.41) is 0. The first kappa shape index (κ1) is 22.7. The summed E-state index contributed by atoms with van der Waals surface area (Å²) >= 11 is 0. The van der Waals surface area contributed by atoms with Gasteiger partial charge in [-0.05, 0) is 23.8 Å². The molecule has 2 fully saturated rings. The fourth-order valence-electron chi connectivity index (χ4n) is 4.96. The number of morpholine rings is 1. The van der Waals surface area contributed by atoms with E-state index in [1.165, 1.54) is 0 Å². The molecule has 3 aliphatic rings. The van der Waals surface area contributed by atoms with E-state index in [9.17, 15) is 26.7 Å². The van der Waals surface area contributed by atoms with E-state index in [1.54, 1.807) is 10.6 Å². The molecular weight excluding hydrogens is 491 g/mol.